The van der Waals surface area contributed by atoms with E-state index in [1.54, 1.807) is 41.3 Å². The van der Waals surface area contributed by atoms with Gasteiger partial charge in [-0.05, 0) is 37.1 Å². The molecule has 1 fully saturated rings. The Balaban J connectivity index is 1.51. The molecule has 4 rings (SSSR count). The van der Waals surface area contributed by atoms with Crippen LogP contribution in [0.4, 0.5) is 5.69 Å². The van der Waals surface area contributed by atoms with Gasteiger partial charge in [0.1, 0.15) is 0 Å². The van der Waals surface area contributed by atoms with Crippen molar-refractivity contribution in [3.8, 4) is 11.5 Å². The molecule has 0 aliphatic heterocycles. The van der Waals surface area contributed by atoms with Gasteiger partial charge in [0.25, 0.3) is 5.69 Å². The molecule has 3 aromatic rings. The van der Waals surface area contributed by atoms with Crippen molar-refractivity contribution in [2.45, 2.75) is 25.4 Å². The number of amides is 1. The molecule has 8 nitrogen and oxygen atoms in total. The maximum absolute atomic E-state index is 12.8. The zero-order valence-electron chi connectivity index (χ0n) is 15.8. The molecule has 0 radical (unpaired) electrons. The molecular formula is C21H17ClN4O4. The van der Waals surface area contributed by atoms with Gasteiger partial charge in [0.05, 0.1) is 27.6 Å². The maximum Gasteiger partial charge on any atom is 0.276 e. The Bertz CT molecular complexity index is 1120. The van der Waals surface area contributed by atoms with Crippen LogP contribution in [0.3, 0.4) is 0 Å². The second kappa shape index (κ2) is 8.46. The van der Waals surface area contributed by atoms with Gasteiger partial charge < -0.3 is 9.32 Å². The van der Waals surface area contributed by atoms with Gasteiger partial charge in [-0.2, -0.15) is 0 Å². The first kappa shape index (κ1) is 19.8. The van der Waals surface area contributed by atoms with E-state index >= 15 is 0 Å². The molecule has 0 spiro atoms. The molecule has 0 bridgehead atoms. The van der Waals surface area contributed by atoms with Gasteiger partial charge in [-0.15, -0.1) is 10.2 Å². The Hall–Kier alpha value is -3.52. The van der Waals surface area contributed by atoms with Crippen LogP contribution >= 0.6 is 11.6 Å². The van der Waals surface area contributed by atoms with Crippen LogP contribution in [-0.2, 0) is 11.3 Å². The fourth-order valence-electron chi connectivity index (χ4n) is 3.03. The molecule has 1 heterocycles. The Kier molecular flexibility index (Phi) is 5.58. The molecule has 1 aromatic heterocycles. The lowest BCUT2D eigenvalue weighted by Gasteiger charge is -2.18. The Morgan fingerprint density at radius 3 is 2.67 bits per heavy atom. The summed E-state index contributed by atoms with van der Waals surface area (Å²) in [4.78, 5) is 25.1. The molecule has 0 N–H and O–H groups in total. The summed E-state index contributed by atoms with van der Waals surface area (Å²) in [7, 11) is 0. The van der Waals surface area contributed by atoms with Crippen molar-refractivity contribution in [1.82, 2.24) is 15.1 Å². The van der Waals surface area contributed by atoms with Crippen molar-refractivity contribution in [3.63, 3.8) is 0 Å². The zero-order chi connectivity index (χ0) is 21.1. The van der Waals surface area contributed by atoms with Gasteiger partial charge in [-0.3, -0.25) is 14.9 Å². The lowest BCUT2D eigenvalue weighted by atomic mass is 10.1. The predicted molar refractivity (Wildman–Crippen MR) is 110 cm³/mol. The first-order valence-electron chi connectivity index (χ1n) is 9.32. The summed E-state index contributed by atoms with van der Waals surface area (Å²) < 4.78 is 5.71. The van der Waals surface area contributed by atoms with E-state index in [9.17, 15) is 14.9 Å². The number of hydrogen-bond donors (Lipinski definition) is 0. The molecule has 152 valence electrons. The smallest absolute Gasteiger partial charge is 0.276 e. The highest BCUT2D eigenvalue weighted by atomic mass is 35.5. The highest BCUT2D eigenvalue weighted by molar-refractivity contribution is 6.33. The molecule has 2 aromatic carbocycles. The van der Waals surface area contributed by atoms with Crippen molar-refractivity contribution in [1.29, 1.82) is 0 Å². The van der Waals surface area contributed by atoms with E-state index in [-0.39, 0.29) is 30.1 Å². The lowest BCUT2D eigenvalue weighted by Crippen LogP contribution is -2.31. The van der Waals surface area contributed by atoms with Crippen LogP contribution in [0.15, 0.2) is 59.0 Å². The van der Waals surface area contributed by atoms with E-state index in [4.69, 9.17) is 16.0 Å². The van der Waals surface area contributed by atoms with Crippen LogP contribution < -0.4 is 0 Å². The van der Waals surface area contributed by atoms with Crippen LogP contribution in [0, 0.1) is 10.1 Å². The summed E-state index contributed by atoms with van der Waals surface area (Å²) in [5.41, 5.74) is 0.935. The lowest BCUT2D eigenvalue weighted by molar-refractivity contribution is -0.385. The standard InChI is InChI=1S/C21H17ClN4O4/c22-17-7-3-2-6-16(17)21-24-23-19(30-21)13-25(15-10-11-15)20(27)12-9-14-5-1-4-8-18(14)26(28)29/h1-9,12,15H,10-11,13H2/b12-9+. The van der Waals surface area contributed by atoms with Gasteiger partial charge in [0, 0.05) is 18.2 Å². The van der Waals surface area contributed by atoms with Crippen LogP contribution in [-0.4, -0.2) is 32.0 Å². The first-order valence-corrected chi connectivity index (χ1v) is 9.70. The Morgan fingerprint density at radius 2 is 1.93 bits per heavy atom. The minimum Gasteiger partial charge on any atom is -0.419 e. The minimum atomic E-state index is -0.475. The Labute approximate surface area is 176 Å². The van der Waals surface area contributed by atoms with E-state index in [0.717, 1.165) is 12.8 Å². The van der Waals surface area contributed by atoms with Crippen LogP contribution in [0.2, 0.25) is 5.02 Å². The number of benzene rings is 2. The van der Waals surface area contributed by atoms with Gasteiger partial charge in [-0.1, -0.05) is 35.9 Å². The molecule has 1 saturated carbocycles. The number of rotatable bonds is 7. The molecule has 0 atom stereocenters. The zero-order valence-corrected chi connectivity index (χ0v) is 16.5. The summed E-state index contributed by atoms with van der Waals surface area (Å²) in [6.07, 6.45) is 4.57. The third-order valence-electron chi connectivity index (χ3n) is 4.69. The summed E-state index contributed by atoms with van der Waals surface area (Å²) in [5.74, 6) is 0.312. The molecule has 30 heavy (non-hydrogen) atoms. The SMILES string of the molecule is O=C(/C=C/c1ccccc1[N+](=O)[O-])N(Cc1nnc(-c2ccccc2Cl)o1)C1CC1. The monoisotopic (exact) mass is 424 g/mol. The average Bonchev–Trinajstić information content (AvgIpc) is 3.48. The molecule has 9 heteroatoms. The topological polar surface area (TPSA) is 102 Å². The fourth-order valence-corrected chi connectivity index (χ4v) is 3.25. The normalized spacial score (nSPS) is 13.5. The summed E-state index contributed by atoms with van der Waals surface area (Å²) in [6, 6.07) is 13.5. The van der Waals surface area contributed by atoms with E-state index in [2.05, 4.69) is 10.2 Å². The predicted octanol–water partition coefficient (Wildman–Crippen LogP) is 4.50. The largest absolute Gasteiger partial charge is 0.419 e. The number of nitro benzene ring substituents is 1. The number of carbonyl (C=O) groups is 1. The summed E-state index contributed by atoms with van der Waals surface area (Å²) in [6.45, 7) is 0.155. The van der Waals surface area contributed by atoms with Crippen molar-refractivity contribution >= 4 is 29.3 Å². The number of nitrogens with zero attached hydrogens (tertiary/aromatic N) is 4. The van der Waals surface area contributed by atoms with Gasteiger partial charge in [0.15, 0.2) is 0 Å². The molecule has 0 saturated heterocycles. The number of carbonyl (C=O) groups excluding carboxylic acids is 1. The van der Waals surface area contributed by atoms with Gasteiger partial charge >= 0.3 is 0 Å². The van der Waals surface area contributed by atoms with Crippen molar-refractivity contribution in [2.75, 3.05) is 0 Å². The van der Waals surface area contributed by atoms with Crippen molar-refractivity contribution < 1.29 is 14.1 Å². The van der Waals surface area contributed by atoms with Crippen LogP contribution in [0.1, 0.15) is 24.3 Å². The molecule has 1 amide bonds. The molecular weight excluding hydrogens is 408 g/mol. The third kappa shape index (κ3) is 4.38. The number of hydrogen-bond acceptors (Lipinski definition) is 6. The maximum atomic E-state index is 12.8. The minimum absolute atomic E-state index is 0.0548. The number of nitro groups is 1. The van der Waals surface area contributed by atoms with Crippen molar-refractivity contribution in [2.24, 2.45) is 0 Å². The second-order valence-electron chi connectivity index (χ2n) is 6.83. The average molecular weight is 425 g/mol. The number of para-hydroxylation sites is 1. The summed E-state index contributed by atoms with van der Waals surface area (Å²) >= 11 is 6.17. The van der Waals surface area contributed by atoms with E-state index in [1.165, 1.54) is 18.2 Å². The second-order valence-corrected chi connectivity index (χ2v) is 7.23. The van der Waals surface area contributed by atoms with E-state index < -0.39 is 4.92 Å². The van der Waals surface area contributed by atoms with Crippen LogP contribution in [0.5, 0.6) is 0 Å². The third-order valence-corrected chi connectivity index (χ3v) is 5.02. The van der Waals surface area contributed by atoms with Gasteiger partial charge in [0.2, 0.25) is 17.7 Å². The molecule has 0 unspecified atom stereocenters. The number of halogens is 1. The highest BCUT2D eigenvalue weighted by Gasteiger charge is 2.33. The molecule has 1 aliphatic carbocycles. The van der Waals surface area contributed by atoms with Crippen LogP contribution in [0.25, 0.3) is 17.5 Å². The summed E-state index contributed by atoms with van der Waals surface area (Å²) in [5, 5.41) is 19.7. The molecule has 1 aliphatic rings. The highest BCUT2D eigenvalue weighted by Crippen LogP contribution is 2.30. The quantitative estimate of drug-likeness (QED) is 0.314. The number of aromatic nitrogens is 2. The van der Waals surface area contributed by atoms with Gasteiger partial charge in [-0.25, -0.2) is 0 Å². The fraction of sp³-hybridized carbons (Fsp3) is 0.190. The first-order chi connectivity index (χ1) is 14.5. The van der Waals surface area contributed by atoms with E-state index in [0.29, 0.717) is 22.0 Å². The Morgan fingerprint density at radius 1 is 1.20 bits per heavy atom. The van der Waals surface area contributed by atoms with E-state index in [1.807, 2.05) is 6.07 Å². The van der Waals surface area contributed by atoms with Crippen molar-refractivity contribution in [3.05, 3.63) is 81.2 Å².